The number of amides is 1. The Kier molecular flexibility index (Phi) is 9.76. The van der Waals surface area contributed by atoms with E-state index in [0.29, 0.717) is 34.2 Å². The second-order valence-corrected chi connectivity index (χ2v) is 9.93. The van der Waals surface area contributed by atoms with Gasteiger partial charge >= 0.3 is 0 Å². The van der Waals surface area contributed by atoms with Crippen molar-refractivity contribution in [3.8, 4) is 11.5 Å². The Balaban J connectivity index is 1.27. The Morgan fingerprint density at radius 2 is 1.71 bits per heavy atom. The molecule has 0 radical (unpaired) electrons. The molecular weight excluding hydrogens is 502 g/mol. The van der Waals surface area contributed by atoms with E-state index >= 15 is 0 Å². The number of piperazine rings is 1. The predicted molar refractivity (Wildman–Crippen MR) is 151 cm³/mol. The second kappa shape index (κ2) is 13.4. The molecule has 1 fully saturated rings. The molecule has 0 atom stereocenters. The van der Waals surface area contributed by atoms with E-state index in [1.807, 2.05) is 31.2 Å². The number of ketones is 1. The van der Waals surface area contributed by atoms with Crippen LogP contribution in [0.25, 0.3) is 0 Å². The largest absolute Gasteiger partial charge is 0.494 e. The highest BCUT2D eigenvalue weighted by Gasteiger charge is 2.17. The molecule has 3 aromatic carbocycles. The molecule has 3 aromatic rings. The van der Waals surface area contributed by atoms with E-state index in [0.717, 1.165) is 50.5 Å². The maximum absolute atomic E-state index is 13.0. The molecule has 200 valence electrons. The van der Waals surface area contributed by atoms with Crippen molar-refractivity contribution < 1.29 is 19.1 Å². The third-order valence-electron chi connectivity index (χ3n) is 6.54. The average Bonchev–Trinajstić information content (AvgIpc) is 2.93. The lowest BCUT2D eigenvalue weighted by Crippen LogP contribution is -2.44. The summed E-state index contributed by atoms with van der Waals surface area (Å²) in [7, 11) is 2.16. The molecule has 0 aliphatic carbocycles. The van der Waals surface area contributed by atoms with Crippen molar-refractivity contribution in [3.05, 3.63) is 88.4 Å². The number of aryl methyl sites for hydroxylation is 1. The molecule has 0 unspecified atom stereocenters. The van der Waals surface area contributed by atoms with Gasteiger partial charge in [-0.1, -0.05) is 41.9 Å². The fourth-order valence-corrected chi connectivity index (χ4v) is 4.47. The van der Waals surface area contributed by atoms with Crippen LogP contribution < -0.4 is 14.8 Å². The number of nitrogens with zero attached hydrogens (tertiary/aromatic N) is 2. The molecule has 1 aliphatic heterocycles. The third-order valence-corrected chi connectivity index (χ3v) is 6.77. The Morgan fingerprint density at radius 3 is 2.45 bits per heavy atom. The lowest BCUT2D eigenvalue weighted by Gasteiger charge is -2.32. The molecule has 1 aliphatic rings. The van der Waals surface area contributed by atoms with Gasteiger partial charge in [0.2, 0.25) is 0 Å². The number of likely N-dealkylation sites (N-methyl/N-ethyl adjacent to an activating group) is 1. The van der Waals surface area contributed by atoms with Crippen LogP contribution in [0.2, 0.25) is 5.02 Å². The highest BCUT2D eigenvalue weighted by molar-refractivity contribution is 6.31. The first kappa shape index (κ1) is 27.6. The Hall–Kier alpha value is -3.39. The number of hydrogen-bond donors (Lipinski definition) is 1. The Morgan fingerprint density at radius 1 is 0.947 bits per heavy atom. The zero-order chi connectivity index (χ0) is 26.9. The minimum atomic E-state index is -0.331. The third kappa shape index (κ3) is 7.81. The van der Waals surface area contributed by atoms with Gasteiger partial charge in [-0.15, -0.1) is 0 Å². The number of halogens is 1. The van der Waals surface area contributed by atoms with Gasteiger partial charge in [-0.25, -0.2) is 0 Å². The van der Waals surface area contributed by atoms with Crippen LogP contribution in [0.3, 0.4) is 0 Å². The van der Waals surface area contributed by atoms with Crippen molar-refractivity contribution in [3.63, 3.8) is 0 Å². The number of nitrogens with one attached hydrogen (secondary N) is 1. The first-order valence-corrected chi connectivity index (χ1v) is 13.2. The van der Waals surface area contributed by atoms with Gasteiger partial charge in [0, 0.05) is 49.0 Å². The summed E-state index contributed by atoms with van der Waals surface area (Å²) in [5.74, 6) is 0.524. The van der Waals surface area contributed by atoms with Crippen LogP contribution in [-0.4, -0.2) is 74.5 Å². The van der Waals surface area contributed by atoms with E-state index < -0.39 is 0 Å². The highest BCUT2D eigenvalue weighted by Crippen LogP contribution is 2.26. The lowest BCUT2D eigenvalue weighted by atomic mass is 10.0. The second-order valence-electron chi connectivity index (χ2n) is 9.50. The molecule has 4 rings (SSSR count). The van der Waals surface area contributed by atoms with Gasteiger partial charge in [-0.2, -0.15) is 0 Å². The van der Waals surface area contributed by atoms with Crippen LogP contribution in [0.5, 0.6) is 11.5 Å². The lowest BCUT2D eigenvalue weighted by molar-refractivity contribution is -0.118. The number of rotatable bonds is 11. The topological polar surface area (TPSA) is 71.1 Å². The Labute approximate surface area is 229 Å². The maximum Gasteiger partial charge on any atom is 0.262 e. The monoisotopic (exact) mass is 535 g/mol. The van der Waals surface area contributed by atoms with Crippen LogP contribution in [0, 0.1) is 6.92 Å². The van der Waals surface area contributed by atoms with Crippen molar-refractivity contribution in [2.75, 3.05) is 58.3 Å². The number of hydrogen-bond acceptors (Lipinski definition) is 6. The summed E-state index contributed by atoms with van der Waals surface area (Å²) in [6.45, 7) is 7.80. The van der Waals surface area contributed by atoms with Crippen LogP contribution >= 0.6 is 11.6 Å². The molecule has 1 heterocycles. The molecule has 8 heteroatoms. The summed E-state index contributed by atoms with van der Waals surface area (Å²) in [4.78, 5) is 30.4. The van der Waals surface area contributed by atoms with Gasteiger partial charge in [0.25, 0.3) is 5.91 Å². The minimum absolute atomic E-state index is 0.224. The first-order valence-electron chi connectivity index (χ1n) is 12.9. The van der Waals surface area contributed by atoms with Crippen molar-refractivity contribution >= 4 is 29.0 Å². The summed E-state index contributed by atoms with van der Waals surface area (Å²) >= 11 is 6.13. The van der Waals surface area contributed by atoms with Gasteiger partial charge < -0.3 is 24.6 Å². The standard InChI is InChI=1S/C30H34ClN3O4/c1-22-19-25(37-18-6-13-34-16-14-33(2)15-17-34)10-11-27(22)32-29(35)21-38-28-12-9-24(31)20-26(28)30(36)23-7-4-3-5-8-23/h3-5,7-12,19-20H,6,13-18,21H2,1-2H3,(H,32,35). The Bertz CT molecular complexity index is 1240. The van der Waals surface area contributed by atoms with Crippen LogP contribution in [0.15, 0.2) is 66.7 Å². The quantitative estimate of drug-likeness (QED) is 0.278. The summed E-state index contributed by atoms with van der Waals surface area (Å²) in [6, 6.07) is 19.3. The smallest absolute Gasteiger partial charge is 0.262 e. The minimum Gasteiger partial charge on any atom is -0.494 e. The predicted octanol–water partition coefficient (Wildman–Crippen LogP) is 4.91. The van der Waals surface area contributed by atoms with E-state index in [4.69, 9.17) is 21.1 Å². The maximum atomic E-state index is 13.0. The van der Waals surface area contributed by atoms with Crippen LogP contribution in [0.4, 0.5) is 5.69 Å². The zero-order valence-corrected chi connectivity index (χ0v) is 22.7. The van der Waals surface area contributed by atoms with Gasteiger partial charge in [0.05, 0.1) is 12.2 Å². The van der Waals surface area contributed by atoms with Crippen LogP contribution in [-0.2, 0) is 4.79 Å². The van der Waals surface area contributed by atoms with E-state index in [2.05, 4.69) is 22.2 Å². The van der Waals surface area contributed by atoms with E-state index in [9.17, 15) is 9.59 Å². The summed E-state index contributed by atoms with van der Waals surface area (Å²) in [6.07, 6.45) is 0.970. The number of benzene rings is 3. The molecule has 7 nitrogen and oxygen atoms in total. The number of anilines is 1. The molecule has 0 aromatic heterocycles. The number of ether oxygens (including phenoxy) is 2. The molecule has 1 saturated heterocycles. The van der Waals surface area contributed by atoms with E-state index in [1.54, 1.807) is 42.5 Å². The number of carbonyl (C=O) groups is 2. The SMILES string of the molecule is Cc1cc(OCCCN2CCN(C)CC2)ccc1NC(=O)COc1ccc(Cl)cc1C(=O)c1ccccc1. The highest BCUT2D eigenvalue weighted by atomic mass is 35.5. The van der Waals surface area contributed by atoms with Crippen molar-refractivity contribution in [1.29, 1.82) is 0 Å². The van der Waals surface area contributed by atoms with Gasteiger partial charge in [-0.3, -0.25) is 9.59 Å². The number of carbonyl (C=O) groups excluding carboxylic acids is 2. The molecule has 1 N–H and O–H groups in total. The van der Waals surface area contributed by atoms with Gasteiger partial charge in [0.1, 0.15) is 11.5 Å². The fraction of sp³-hybridized carbons (Fsp3) is 0.333. The molecule has 0 bridgehead atoms. The summed E-state index contributed by atoms with van der Waals surface area (Å²) in [5, 5.41) is 3.29. The molecule has 38 heavy (non-hydrogen) atoms. The van der Waals surface area contributed by atoms with E-state index in [1.165, 1.54) is 0 Å². The average molecular weight is 536 g/mol. The van der Waals surface area contributed by atoms with E-state index in [-0.39, 0.29) is 18.3 Å². The molecular formula is C30H34ClN3O4. The van der Waals surface area contributed by atoms with Crippen molar-refractivity contribution in [1.82, 2.24) is 9.80 Å². The zero-order valence-electron chi connectivity index (χ0n) is 21.9. The molecule has 1 amide bonds. The summed E-state index contributed by atoms with van der Waals surface area (Å²) < 4.78 is 11.7. The van der Waals surface area contributed by atoms with Gasteiger partial charge in [-0.05, 0) is 62.4 Å². The van der Waals surface area contributed by atoms with Gasteiger partial charge in [0.15, 0.2) is 12.4 Å². The fourth-order valence-electron chi connectivity index (χ4n) is 4.30. The summed E-state index contributed by atoms with van der Waals surface area (Å²) in [5.41, 5.74) is 2.39. The molecule has 0 saturated carbocycles. The van der Waals surface area contributed by atoms with Crippen molar-refractivity contribution in [2.24, 2.45) is 0 Å². The van der Waals surface area contributed by atoms with Crippen molar-refractivity contribution in [2.45, 2.75) is 13.3 Å². The van der Waals surface area contributed by atoms with Crippen LogP contribution in [0.1, 0.15) is 27.9 Å². The normalized spacial score (nSPS) is 14.2. The molecule has 0 spiro atoms. The first-order chi connectivity index (χ1) is 18.4.